The number of hydrogen-bond acceptors (Lipinski definition) is 3. The zero-order chi connectivity index (χ0) is 13.4. The Balaban J connectivity index is 1.75. The van der Waals surface area contributed by atoms with Gasteiger partial charge in [-0.1, -0.05) is 0 Å². The molecule has 1 aromatic heterocycles. The molecule has 3 rings (SSSR count). The highest BCUT2D eigenvalue weighted by molar-refractivity contribution is 5.92. The summed E-state index contributed by atoms with van der Waals surface area (Å²) < 4.78 is 0. The smallest absolute Gasteiger partial charge is 0.274 e. The lowest BCUT2D eigenvalue weighted by atomic mass is 10.1. The molecule has 2 fully saturated rings. The third-order valence-corrected chi connectivity index (χ3v) is 4.51. The maximum absolute atomic E-state index is 12.4. The van der Waals surface area contributed by atoms with Crippen LogP contribution in [0.2, 0.25) is 0 Å². The number of nitrogens with zero attached hydrogens (tertiary/aromatic N) is 3. The number of amides is 1. The molecule has 19 heavy (non-hydrogen) atoms. The third-order valence-electron chi connectivity index (χ3n) is 4.51. The molecule has 2 saturated heterocycles. The fraction of sp³-hybridized carbons (Fsp3) is 0.714. The van der Waals surface area contributed by atoms with Crippen LogP contribution in [0.25, 0.3) is 0 Å². The molecule has 104 valence electrons. The van der Waals surface area contributed by atoms with Crippen molar-refractivity contribution in [2.45, 2.75) is 44.7 Å². The van der Waals surface area contributed by atoms with Gasteiger partial charge in [0.05, 0.1) is 11.7 Å². The Kier molecular flexibility index (Phi) is 3.31. The molecule has 5 heteroatoms. The molecule has 0 radical (unpaired) electrons. The first-order chi connectivity index (χ1) is 9.16. The lowest BCUT2D eigenvalue weighted by Gasteiger charge is -2.20. The second-order valence-corrected chi connectivity index (χ2v) is 5.84. The van der Waals surface area contributed by atoms with E-state index in [-0.39, 0.29) is 5.91 Å². The van der Waals surface area contributed by atoms with Crippen LogP contribution in [0.1, 0.15) is 54.8 Å². The number of likely N-dealkylation sites (tertiary alicyclic amines) is 2. The molecular weight excluding hydrogens is 240 g/mol. The van der Waals surface area contributed by atoms with Gasteiger partial charge in [-0.15, -0.1) is 0 Å². The highest BCUT2D eigenvalue weighted by Crippen LogP contribution is 2.29. The van der Waals surface area contributed by atoms with Crippen LogP contribution >= 0.6 is 0 Å². The monoisotopic (exact) mass is 262 g/mol. The van der Waals surface area contributed by atoms with E-state index in [1.807, 2.05) is 11.0 Å². The molecule has 3 heterocycles. The topological polar surface area (TPSA) is 52.2 Å². The van der Waals surface area contributed by atoms with Crippen molar-refractivity contribution in [1.82, 2.24) is 20.0 Å². The van der Waals surface area contributed by atoms with E-state index in [1.54, 1.807) is 0 Å². The Hall–Kier alpha value is -1.36. The summed E-state index contributed by atoms with van der Waals surface area (Å²) in [4.78, 5) is 16.7. The Labute approximate surface area is 114 Å². The summed E-state index contributed by atoms with van der Waals surface area (Å²) in [5.41, 5.74) is 1.65. The number of carbonyl (C=O) groups excluding carboxylic acids is 1. The average molecular weight is 262 g/mol. The summed E-state index contributed by atoms with van der Waals surface area (Å²) in [7, 11) is 2.13. The van der Waals surface area contributed by atoms with Crippen molar-refractivity contribution in [1.29, 1.82) is 0 Å². The summed E-state index contributed by atoms with van der Waals surface area (Å²) in [5, 5.41) is 7.29. The minimum Gasteiger partial charge on any atom is -0.335 e. The molecule has 0 saturated carbocycles. The third kappa shape index (κ3) is 2.27. The Morgan fingerprint density at radius 2 is 2.16 bits per heavy atom. The van der Waals surface area contributed by atoms with Gasteiger partial charge in [0.25, 0.3) is 5.91 Å². The van der Waals surface area contributed by atoms with Crippen LogP contribution < -0.4 is 0 Å². The number of H-pyrrole nitrogens is 1. The molecule has 0 spiro atoms. The van der Waals surface area contributed by atoms with Crippen LogP contribution in [-0.2, 0) is 0 Å². The number of carbonyl (C=O) groups is 1. The van der Waals surface area contributed by atoms with Gasteiger partial charge in [-0.2, -0.15) is 5.10 Å². The van der Waals surface area contributed by atoms with Gasteiger partial charge >= 0.3 is 0 Å². The van der Waals surface area contributed by atoms with E-state index in [2.05, 4.69) is 29.1 Å². The first kappa shape index (κ1) is 12.7. The van der Waals surface area contributed by atoms with Crippen molar-refractivity contribution >= 4 is 5.91 Å². The lowest BCUT2D eigenvalue weighted by Crippen LogP contribution is -2.33. The van der Waals surface area contributed by atoms with Crippen molar-refractivity contribution in [2.75, 3.05) is 20.1 Å². The van der Waals surface area contributed by atoms with Gasteiger partial charge in [0.1, 0.15) is 5.69 Å². The first-order valence-corrected chi connectivity index (χ1v) is 7.23. The second kappa shape index (κ2) is 4.96. The van der Waals surface area contributed by atoms with Crippen LogP contribution in [-0.4, -0.2) is 52.1 Å². The molecule has 2 atom stereocenters. The summed E-state index contributed by atoms with van der Waals surface area (Å²) >= 11 is 0. The normalized spacial score (nSPS) is 28.2. The fourth-order valence-corrected chi connectivity index (χ4v) is 3.30. The largest absolute Gasteiger partial charge is 0.335 e. The summed E-state index contributed by atoms with van der Waals surface area (Å²) in [6, 6.07) is 2.69. The van der Waals surface area contributed by atoms with Gasteiger partial charge in [0, 0.05) is 12.6 Å². The predicted molar refractivity (Wildman–Crippen MR) is 72.9 cm³/mol. The molecule has 2 aliphatic heterocycles. The summed E-state index contributed by atoms with van der Waals surface area (Å²) in [6.45, 7) is 4.10. The minimum absolute atomic E-state index is 0.0770. The molecule has 1 aromatic rings. The van der Waals surface area contributed by atoms with E-state index < -0.39 is 0 Å². The molecule has 1 unspecified atom stereocenters. The molecule has 0 bridgehead atoms. The fourth-order valence-electron chi connectivity index (χ4n) is 3.30. The highest BCUT2D eigenvalue weighted by Gasteiger charge is 2.29. The zero-order valence-electron chi connectivity index (χ0n) is 11.7. The number of nitrogens with one attached hydrogen (secondary N) is 1. The SMILES string of the molecule is C[C@H]1CCCN1C(=O)c1cc(C2CCCN2C)[nH]n1. The summed E-state index contributed by atoms with van der Waals surface area (Å²) in [5.74, 6) is 0.0770. The Morgan fingerprint density at radius 3 is 2.79 bits per heavy atom. The second-order valence-electron chi connectivity index (χ2n) is 5.84. The van der Waals surface area contributed by atoms with Crippen molar-refractivity contribution < 1.29 is 4.79 Å². The number of aromatic amines is 1. The zero-order valence-corrected chi connectivity index (χ0v) is 11.7. The van der Waals surface area contributed by atoms with E-state index >= 15 is 0 Å². The Morgan fingerprint density at radius 1 is 1.37 bits per heavy atom. The van der Waals surface area contributed by atoms with Crippen molar-refractivity contribution in [3.63, 3.8) is 0 Å². The van der Waals surface area contributed by atoms with E-state index in [0.29, 0.717) is 17.8 Å². The predicted octanol–water partition coefficient (Wildman–Crippen LogP) is 1.80. The number of aromatic nitrogens is 2. The van der Waals surface area contributed by atoms with Crippen molar-refractivity contribution in [3.05, 3.63) is 17.5 Å². The molecule has 1 N–H and O–H groups in total. The molecule has 5 nitrogen and oxygen atoms in total. The maximum atomic E-state index is 12.4. The molecular formula is C14H22N4O. The average Bonchev–Trinajstić information content (AvgIpc) is 3.08. The molecule has 2 aliphatic rings. The van der Waals surface area contributed by atoms with Crippen LogP contribution in [0.5, 0.6) is 0 Å². The van der Waals surface area contributed by atoms with E-state index in [9.17, 15) is 4.79 Å². The summed E-state index contributed by atoms with van der Waals surface area (Å²) in [6.07, 6.45) is 4.57. The Bertz CT molecular complexity index is 470. The van der Waals surface area contributed by atoms with Crippen LogP contribution in [0.4, 0.5) is 0 Å². The first-order valence-electron chi connectivity index (χ1n) is 7.23. The van der Waals surface area contributed by atoms with Gasteiger partial charge in [-0.3, -0.25) is 14.8 Å². The van der Waals surface area contributed by atoms with Crippen LogP contribution in [0.15, 0.2) is 6.07 Å². The van der Waals surface area contributed by atoms with Gasteiger partial charge in [-0.05, 0) is 52.3 Å². The molecule has 0 aliphatic carbocycles. The van der Waals surface area contributed by atoms with Gasteiger partial charge in [-0.25, -0.2) is 0 Å². The van der Waals surface area contributed by atoms with Gasteiger partial charge < -0.3 is 4.90 Å². The van der Waals surface area contributed by atoms with Crippen molar-refractivity contribution in [3.8, 4) is 0 Å². The van der Waals surface area contributed by atoms with Crippen LogP contribution in [0, 0.1) is 0 Å². The van der Waals surface area contributed by atoms with Crippen molar-refractivity contribution in [2.24, 2.45) is 0 Å². The van der Waals surface area contributed by atoms with E-state index in [4.69, 9.17) is 0 Å². The standard InChI is InChI=1S/C14H22N4O/c1-10-5-3-8-18(10)14(19)12-9-11(15-16-12)13-6-4-7-17(13)2/h9-10,13H,3-8H2,1-2H3,(H,15,16)/t10-,13?/m0/s1. The van der Waals surface area contributed by atoms with Crippen LogP contribution in [0.3, 0.4) is 0 Å². The number of rotatable bonds is 2. The van der Waals surface area contributed by atoms with E-state index in [0.717, 1.165) is 38.0 Å². The number of hydrogen-bond donors (Lipinski definition) is 1. The minimum atomic E-state index is 0.0770. The highest BCUT2D eigenvalue weighted by atomic mass is 16.2. The maximum Gasteiger partial charge on any atom is 0.274 e. The van der Waals surface area contributed by atoms with Gasteiger partial charge in [0.15, 0.2) is 0 Å². The van der Waals surface area contributed by atoms with E-state index in [1.165, 1.54) is 6.42 Å². The molecule has 1 amide bonds. The lowest BCUT2D eigenvalue weighted by molar-refractivity contribution is 0.0741. The quantitative estimate of drug-likeness (QED) is 0.884. The van der Waals surface area contributed by atoms with Gasteiger partial charge in [0.2, 0.25) is 0 Å². The molecule has 0 aromatic carbocycles.